The smallest absolute Gasteiger partial charge is 0.253 e. The second-order valence-electron chi connectivity index (χ2n) is 4.05. The van der Waals surface area contributed by atoms with Gasteiger partial charge in [-0.1, -0.05) is 25.5 Å². The number of allylic oxidation sites excluding steroid dienone is 3. The van der Waals surface area contributed by atoms with E-state index < -0.39 is 0 Å². The molecule has 0 saturated heterocycles. The molecule has 1 aliphatic carbocycles. The Morgan fingerprint density at radius 3 is 2.94 bits per heavy atom. The van der Waals surface area contributed by atoms with Crippen LogP contribution in [0.15, 0.2) is 35.6 Å². The van der Waals surface area contributed by atoms with Gasteiger partial charge in [-0.25, -0.2) is 0 Å². The van der Waals surface area contributed by atoms with Gasteiger partial charge in [-0.2, -0.15) is 0 Å². The molecular formula is C13H20N2O. The third-order valence-corrected chi connectivity index (χ3v) is 2.57. The minimum atomic E-state index is 0.0654. The molecule has 0 bridgehead atoms. The summed E-state index contributed by atoms with van der Waals surface area (Å²) >= 11 is 0. The van der Waals surface area contributed by atoms with Crippen molar-refractivity contribution in [2.45, 2.75) is 26.2 Å². The van der Waals surface area contributed by atoms with Crippen LogP contribution in [0.4, 0.5) is 0 Å². The molecule has 3 nitrogen and oxygen atoms in total. The number of nitrogens with zero attached hydrogens (tertiary/aromatic N) is 1. The lowest BCUT2D eigenvalue weighted by Crippen LogP contribution is -2.28. The zero-order valence-electron chi connectivity index (χ0n) is 10.1. The van der Waals surface area contributed by atoms with E-state index in [4.69, 9.17) is 5.73 Å². The van der Waals surface area contributed by atoms with Gasteiger partial charge in [0.05, 0.1) is 0 Å². The largest absolute Gasteiger partial charge is 0.402 e. The molecule has 0 aromatic carbocycles. The van der Waals surface area contributed by atoms with Gasteiger partial charge in [-0.15, -0.1) is 0 Å². The molecule has 1 amide bonds. The van der Waals surface area contributed by atoms with Crippen molar-refractivity contribution in [3.05, 3.63) is 35.6 Å². The van der Waals surface area contributed by atoms with Crippen molar-refractivity contribution < 1.29 is 4.79 Å². The molecule has 0 spiro atoms. The molecule has 0 fully saturated rings. The molecule has 0 unspecified atom stereocenters. The maximum atomic E-state index is 12.0. The maximum Gasteiger partial charge on any atom is 0.253 e. The van der Waals surface area contributed by atoms with Gasteiger partial charge in [0.25, 0.3) is 5.91 Å². The first-order valence-electron chi connectivity index (χ1n) is 5.73. The highest BCUT2D eigenvalue weighted by atomic mass is 16.2. The van der Waals surface area contributed by atoms with E-state index in [9.17, 15) is 4.79 Å². The molecule has 0 heterocycles. The minimum absolute atomic E-state index is 0.0654. The highest BCUT2D eigenvalue weighted by Gasteiger charge is 2.12. The Kier molecular flexibility index (Phi) is 4.83. The summed E-state index contributed by atoms with van der Waals surface area (Å²) in [4.78, 5) is 13.8. The number of rotatable bonds is 4. The Morgan fingerprint density at radius 1 is 1.50 bits per heavy atom. The van der Waals surface area contributed by atoms with E-state index in [0.29, 0.717) is 12.0 Å². The molecule has 1 aliphatic rings. The van der Waals surface area contributed by atoms with Crippen molar-refractivity contribution >= 4 is 5.91 Å². The van der Waals surface area contributed by atoms with Gasteiger partial charge in [0, 0.05) is 31.3 Å². The molecule has 0 saturated carbocycles. The molecule has 1 rings (SSSR count). The number of hydrogen-bond acceptors (Lipinski definition) is 2. The van der Waals surface area contributed by atoms with E-state index in [-0.39, 0.29) is 5.91 Å². The number of carbonyl (C=O) groups is 1. The summed E-state index contributed by atoms with van der Waals surface area (Å²) in [6.45, 7) is 2.92. The van der Waals surface area contributed by atoms with Gasteiger partial charge >= 0.3 is 0 Å². The van der Waals surface area contributed by atoms with Gasteiger partial charge in [0.15, 0.2) is 0 Å². The first-order chi connectivity index (χ1) is 7.65. The monoisotopic (exact) mass is 220 g/mol. The first kappa shape index (κ1) is 12.6. The molecule has 2 N–H and O–H groups in total. The highest BCUT2D eigenvalue weighted by Crippen LogP contribution is 2.10. The lowest BCUT2D eigenvalue weighted by atomic mass is 10.2. The Labute approximate surface area is 97.3 Å². The lowest BCUT2D eigenvalue weighted by Gasteiger charge is -2.16. The van der Waals surface area contributed by atoms with E-state index in [1.165, 1.54) is 0 Å². The number of hydrogen-bond donors (Lipinski definition) is 1. The summed E-state index contributed by atoms with van der Waals surface area (Å²) < 4.78 is 0. The van der Waals surface area contributed by atoms with Gasteiger partial charge in [-0.05, 0) is 18.6 Å². The molecule has 0 aromatic heterocycles. The minimum Gasteiger partial charge on any atom is -0.402 e. The predicted octanol–water partition coefficient (Wildman–Crippen LogP) is 1.97. The van der Waals surface area contributed by atoms with E-state index in [1.807, 2.05) is 19.2 Å². The van der Waals surface area contributed by atoms with Crippen molar-refractivity contribution in [2.24, 2.45) is 5.73 Å². The van der Waals surface area contributed by atoms with Crippen molar-refractivity contribution in [1.29, 1.82) is 0 Å². The van der Waals surface area contributed by atoms with Crippen LogP contribution in [0.3, 0.4) is 0 Å². The van der Waals surface area contributed by atoms with Crippen molar-refractivity contribution in [3.63, 3.8) is 0 Å². The van der Waals surface area contributed by atoms with Gasteiger partial charge in [0.2, 0.25) is 0 Å². The molecule has 16 heavy (non-hydrogen) atoms. The van der Waals surface area contributed by atoms with Crippen LogP contribution in [0.1, 0.15) is 26.2 Å². The van der Waals surface area contributed by atoms with E-state index in [0.717, 1.165) is 25.1 Å². The van der Waals surface area contributed by atoms with Crippen LogP contribution in [-0.2, 0) is 4.79 Å². The Bertz CT molecular complexity index is 340. The molecule has 0 radical (unpaired) electrons. The molecule has 3 heteroatoms. The Balaban J connectivity index is 2.66. The molecular weight excluding hydrogens is 200 g/mol. The van der Waals surface area contributed by atoms with Gasteiger partial charge in [0.1, 0.15) is 0 Å². The van der Waals surface area contributed by atoms with Crippen molar-refractivity contribution in [3.8, 4) is 0 Å². The van der Waals surface area contributed by atoms with Gasteiger partial charge in [-0.3, -0.25) is 4.79 Å². The maximum absolute atomic E-state index is 12.0. The molecule has 0 aliphatic heterocycles. The fourth-order valence-corrected chi connectivity index (χ4v) is 1.50. The van der Waals surface area contributed by atoms with Crippen molar-refractivity contribution in [1.82, 2.24) is 4.90 Å². The zero-order valence-corrected chi connectivity index (χ0v) is 10.1. The Morgan fingerprint density at radius 2 is 2.25 bits per heavy atom. The third-order valence-electron chi connectivity index (χ3n) is 2.57. The van der Waals surface area contributed by atoms with Crippen LogP contribution in [0.25, 0.3) is 0 Å². The lowest BCUT2D eigenvalue weighted by molar-refractivity contribution is -0.125. The number of carbonyl (C=O) groups excluding carboxylic acids is 1. The molecule has 0 aromatic rings. The second kappa shape index (κ2) is 6.16. The number of amides is 1. The van der Waals surface area contributed by atoms with Crippen molar-refractivity contribution in [2.75, 3.05) is 13.6 Å². The fourth-order valence-electron chi connectivity index (χ4n) is 1.50. The summed E-state index contributed by atoms with van der Waals surface area (Å²) in [5.74, 6) is 0.0654. The Hall–Kier alpha value is -1.51. The molecule has 88 valence electrons. The van der Waals surface area contributed by atoms with E-state index in [2.05, 4.69) is 6.92 Å². The topological polar surface area (TPSA) is 46.3 Å². The second-order valence-corrected chi connectivity index (χ2v) is 4.05. The van der Waals surface area contributed by atoms with E-state index >= 15 is 0 Å². The van der Waals surface area contributed by atoms with Crippen LogP contribution in [0.2, 0.25) is 0 Å². The van der Waals surface area contributed by atoms with Crippen LogP contribution in [0, 0.1) is 0 Å². The fraction of sp³-hybridized carbons (Fsp3) is 0.462. The summed E-state index contributed by atoms with van der Waals surface area (Å²) in [6.07, 6.45) is 10.2. The number of unbranched alkanes of at least 4 members (excludes halogenated alkanes) is 1. The van der Waals surface area contributed by atoms with Crippen LogP contribution in [0.5, 0.6) is 0 Å². The van der Waals surface area contributed by atoms with Crippen LogP contribution < -0.4 is 5.73 Å². The average Bonchev–Trinajstić information content (AvgIpc) is 2.50. The molecule has 0 atom stereocenters. The normalized spacial score (nSPS) is 15.1. The number of likely N-dealkylation sites (N-methyl/N-ethyl adjacent to an activating group) is 1. The van der Waals surface area contributed by atoms with E-state index in [1.54, 1.807) is 17.1 Å². The summed E-state index contributed by atoms with van der Waals surface area (Å²) in [6, 6.07) is 0. The predicted molar refractivity (Wildman–Crippen MR) is 66.7 cm³/mol. The first-order valence-corrected chi connectivity index (χ1v) is 5.73. The average molecular weight is 220 g/mol. The quantitative estimate of drug-likeness (QED) is 0.787. The highest BCUT2D eigenvalue weighted by molar-refractivity contribution is 5.96. The number of nitrogens with two attached hydrogens (primary N) is 1. The third kappa shape index (κ3) is 3.57. The van der Waals surface area contributed by atoms with Gasteiger partial charge < -0.3 is 10.6 Å². The standard InChI is InChI=1S/C13H20N2O/c1-3-4-10-15(2)13(16)11-6-5-7-12(14)9-8-11/h5-6,8-9H,3-4,7,10,14H2,1-2H3. The zero-order chi connectivity index (χ0) is 12.0. The summed E-state index contributed by atoms with van der Waals surface area (Å²) in [5, 5.41) is 0. The summed E-state index contributed by atoms with van der Waals surface area (Å²) in [5.41, 5.74) is 7.19. The SMILES string of the molecule is CCCCN(C)C(=O)C1=CC=C(N)CC=C1. The van der Waals surface area contributed by atoms with Crippen LogP contribution >= 0.6 is 0 Å². The summed E-state index contributed by atoms with van der Waals surface area (Å²) in [7, 11) is 1.84. The van der Waals surface area contributed by atoms with Crippen LogP contribution in [-0.4, -0.2) is 24.4 Å².